The Labute approximate surface area is 100 Å². The summed E-state index contributed by atoms with van der Waals surface area (Å²) in [6, 6.07) is 9.65. The first-order chi connectivity index (χ1) is 8.35. The van der Waals surface area contributed by atoms with Crippen LogP contribution in [0, 0.1) is 0 Å². The average Bonchev–Trinajstić information content (AvgIpc) is 2.85. The smallest absolute Gasteiger partial charge is 0.119 e. The molecule has 0 aliphatic carbocycles. The van der Waals surface area contributed by atoms with Gasteiger partial charge in [0.05, 0.1) is 25.2 Å². The van der Waals surface area contributed by atoms with Gasteiger partial charge >= 0.3 is 0 Å². The third-order valence-electron chi connectivity index (χ3n) is 2.55. The van der Waals surface area contributed by atoms with Gasteiger partial charge in [-0.15, -0.1) is 0 Å². The SMILES string of the molecule is CCOc1cccc(C(NN)c2ccoc2)c1. The van der Waals surface area contributed by atoms with E-state index in [9.17, 15) is 0 Å². The van der Waals surface area contributed by atoms with Gasteiger partial charge < -0.3 is 9.15 Å². The predicted octanol–water partition coefficient (Wildman–Crippen LogP) is 2.23. The molecule has 4 nitrogen and oxygen atoms in total. The van der Waals surface area contributed by atoms with Crippen LogP contribution in [0.3, 0.4) is 0 Å². The van der Waals surface area contributed by atoms with Crippen LogP contribution in [0.25, 0.3) is 0 Å². The van der Waals surface area contributed by atoms with Crippen molar-refractivity contribution in [1.29, 1.82) is 0 Å². The van der Waals surface area contributed by atoms with Gasteiger partial charge in [0, 0.05) is 5.56 Å². The van der Waals surface area contributed by atoms with Gasteiger partial charge in [0.1, 0.15) is 5.75 Å². The van der Waals surface area contributed by atoms with E-state index < -0.39 is 0 Å². The molecule has 0 bridgehead atoms. The van der Waals surface area contributed by atoms with E-state index in [0.717, 1.165) is 16.9 Å². The predicted molar refractivity (Wildman–Crippen MR) is 65.5 cm³/mol. The molecule has 0 radical (unpaired) electrons. The van der Waals surface area contributed by atoms with Crippen LogP contribution in [0.1, 0.15) is 24.1 Å². The highest BCUT2D eigenvalue weighted by molar-refractivity contribution is 5.35. The summed E-state index contributed by atoms with van der Waals surface area (Å²) < 4.78 is 10.5. The summed E-state index contributed by atoms with van der Waals surface area (Å²) in [5.74, 6) is 6.43. The summed E-state index contributed by atoms with van der Waals surface area (Å²) in [6.07, 6.45) is 3.31. The molecule has 17 heavy (non-hydrogen) atoms. The number of ether oxygens (including phenoxy) is 1. The van der Waals surface area contributed by atoms with Crippen LogP contribution in [-0.2, 0) is 0 Å². The van der Waals surface area contributed by atoms with Crippen molar-refractivity contribution in [2.45, 2.75) is 13.0 Å². The first-order valence-electron chi connectivity index (χ1n) is 5.56. The summed E-state index contributed by atoms with van der Waals surface area (Å²) >= 11 is 0. The van der Waals surface area contributed by atoms with Gasteiger partial charge in [-0.25, -0.2) is 5.43 Å². The van der Waals surface area contributed by atoms with Gasteiger partial charge in [-0.05, 0) is 30.7 Å². The second kappa shape index (κ2) is 5.52. The Hall–Kier alpha value is -1.78. The van der Waals surface area contributed by atoms with E-state index in [1.165, 1.54) is 0 Å². The van der Waals surface area contributed by atoms with Crippen LogP contribution in [0.2, 0.25) is 0 Å². The minimum absolute atomic E-state index is 0.0887. The van der Waals surface area contributed by atoms with Crippen molar-refractivity contribution in [3.8, 4) is 5.75 Å². The molecule has 0 saturated heterocycles. The third kappa shape index (κ3) is 2.67. The lowest BCUT2D eigenvalue weighted by atomic mass is 10.0. The van der Waals surface area contributed by atoms with Crippen LogP contribution >= 0.6 is 0 Å². The molecule has 1 heterocycles. The maximum atomic E-state index is 5.59. The number of furan rings is 1. The molecule has 2 aromatic rings. The summed E-state index contributed by atoms with van der Waals surface area (Å²) in [6.45, 7) is 2.61. The highest BCUT2D eigenvalue weighted by Gasteiger charge is 2.13. The Morgan fingerprint density at radius 1 is 1.35 bits per heavy atom. The minimum atomic E-state index is -0.0887. The summed E-state index contributed by atoms with van der Waals surface area (Å²) in [7, 11) is 0. The molecule has 0 fully saturated rings. The highest BCUT2D eigenvalue weighted by Crippen LogP contribution is 2.24. The molecular weight excluding hydrogens is 216 g/mol. The molecule has 1 atom stereocenters. The van der Waals surface area contributed by atoms with E-state index in [-0.39, 0.29) is 6.04 Å². The fraction of sp³-hybridized carbons (Fsp3) is 0.231. The normalized spacial score (nSPS) is 12.4. The van der Waals surface area contributed by atoms with Crippen molar-refractivity contribution in [1.82, 2.24) is 5.43 Å². The molecule has 2 rings (SSSR count). The molecule has 0 saturated carbocycles. The van der Waals surface area contributed by atoms with Crippen molar-refractivity contribution < 1.29 is 9.15 Å². The fourth-order valence-electron chi connectivity index (χ4n) is 1.77. The molecule has 0 aliphatic rings. The molecular formula is C13H16N2O2. The van der Waals surface area contributed by atoms with Crippen molar-refractivity contribution in [2.75, 3.05) is 6.61 Å². The fourth-order valence-corrected chi connectivity index (χ4v) is 1.77. The maximum Gasteiger partial charge on any atom is 0.119 e. The molecule has 0 aliphatic heterocycles. The van der Waals surface area contributed by atoms with Crippen LogP contribution in [0.15, 0.2) is 47.3 Å². The van der Waals surface area contributed by atoms with E-state index in [1.54, 1.807) is 12.5 Å². The van der Waals surface area contributed by atoms with Crippen LogP contribution in [0.4, 0.5) is 0 Å². The lowest BCUT2D eigenvalue weighted by molar-refractivity contribution is 0.339. The molecule has 4 heteroatoms. The van der Waals surface area contributed by atoms with Gasteiger partial charge in [0.25, 0.3) is 0 Å². The second-order valence-corrected chi connectivity index (χ2v) is 3.66. The first-order valence-corrected chi connectivity index (χ1v) is 5.56. The van der Waals surface area contributed by atoms with Gasteiger partial charge in [-0.3, -0.25) is 5.84 Å². The molecule has 3 N–H and O–H groups in total. The summed E-state index contributed by atoms with van der Waals surface area (Å²) in [5, 5.41) is 0. The van der Waals surface area contributed by atoms with Crippen molar-refractivity contribution in [3.63, 3.8) is 0 Å². The van der Waals surface area contributed by atoms with Gasteiger partial charge in [0.15, 0.2) is 0 Å². The third-order valence-corrected chi connectivity index (χ3v) is 2.55. The largest absolute Gasteiger partial charge is 0.494 e. The molecule has 0 spiro atoms. The van der Waals surface area contributed by atoms with E-state index in [4.69, 9.17) is 15.0 Å². The highest BCUT2D eigenvalue weighted by atomic mass is 16.5. The lowest BCUT2D eigenvalue weighted by Crippen LogP contribution is -2.28. The van der Waals surface area contributed by atoms with Gasteiger partial charge in [0.2, 0.25) is 0 Å². The average molecular weight is 232 g/mol. The second-order valence-electron chi connectivity index (χ2n) is 3.66. The number of hydrogen-bond acceptors (Lipinski definition) is 4. The Balaban J connectivity index is 2.28. The maximum absolute atomic E-state index is 5.59. The Bertz CT molecular complexity index is 454. The zero-order valence-corrected chi connectivity index (χ0v) is 9.72. The Morgan fingerprint density at radius 2 is 2.24 bits per heavy atom. The number of hydrogen-bond donors (Lipinski definition) is 2. The van der Waals surface area contributed by atoms with Crippen molar-refractivity contribution in [3.05, 3.63) is 54.0 Å². The molecule has 90 valence electrons. The molecule has 1 aromatic heterocycles. The van der Waals surface area contributed by atoms with Gasteiger partial charge in [-0.2, -0.15) is 0 Å². The zero-order chi connectivity index (χ0) is 12.1. The Morgan fingerprint density at radius 3 is 2.88 bits per heavy atom. The number of rotatable bonds is 5. The quantitative estimate of drug-likeness (QED) is 0.613. The summed E-state index contributed by atoms with van der Waals surface area (Å²) in [4.78, 5) is 0. The number of benzene rings is 1. The van der Waals surface area contributed by atoms with E-state index in [1.807, 2.05) is 37.3 Å². The zero-order valence-electron chi connectivity index (χ0n) is 9.72. The van der Waals surface area contributed by atoms with E-state index in [0.29, 0.717) is 6.61 Å². The topological polar surface area (TPSA) is 60.4 Å². The van der Waals surface area contributed by atoms with Crippen LogP contribution < -0.4 is 16.0 Å². The van der Waals surface area contributed by atoms with Crippen LogP contribution in [-0.4, -0.2) is 6.61 Å². The van der Waals surface area contributed by atoms with Crippen molar-refractivity contribution in [2.24, 2.45) is 5.84 Å². The van der Waals surface area contributed by atoms with Crippen LogP contribution in [0.5, 0.6) is 5.75 Å². The minimum Gasteiger partial charge on any atom is -0.494 e. The Kier molecular flexibility index (Phi) is 3.80. The van der Waals surface area contributed by atoms with E-state index >= 15 is 0 Å². The molecule has 1 aromatic carbocycles. The first kappa shape index (κ1) is 11.7. The number of hydrazine groups is 1. The van der Waals surface area contributed by atoms with Crippen molar-refractivity contribution >= 4 is 0 Å². The molecule has 1 unspecified atom stereocenters. The summed E-state index contributed by atoms with van der Waals surface area (Å²) in [5.41, 5.74) is 4.80. The standard InChI is InChI=1S/C13H16N2O2/c1-2-17-12-5-3-4-10(8-12)13(15-14)11-6-7-16-9-11/h3-9,13,15H,2,14H2,1H3. The lowest BCUT2D eigenvalue weighted by Gasteiger charge is -2.15. The molecule has 0 amide bonds. The van der Waals surface area contributed by atoms with E-state index in [2.05, 4.69) is 5.43 Å². The number of nitrogens with two attached hydrogens (primary N) is 1. The number of nitrogens with one attached hydrogen (secondary N) is 1. The van der Waals surface area contributed by atoms with Gasteiger partial charge in [-0.1, -0.05) is 12.1 Å². The monoisotopic (exact) mass is 232 g/mol.